The summed E-state index contributed by atoms with van der Waals surface area (Å²) in [6, 6.07) is 19.9. The van der Waals surface area contributed by atoms with Crippen molar-refractivity contribution in [1.82, 2.24) is 40.3 Å². The number of halogens is 1. The highest BCUT2D eigenvalue weighted by Gasteiger charge is 2.47. The molecular formula is C63H84ClN9O4. The maximum Gasteiger partial charge on any atom is 0.282 e. The number of hydrogen-bond acceptors (Lipinski definition) is 10. The Labute approximate surface area is 462 Å². The van der Waals surface area contributed by atoms with Crippen molar-refractivity contribution < 1.29 is 14.3 Å². The molecule has 3 saturated heterocycles. The fraction of sp³-hybridized carbons (Fsp3) is 0.540. The van der Waals surface area contributed by atoms with Crippen LogP contribution in [0.5, 0.6) is 0 Å². The fourth-order valence-electron chi connectivity index (χ4n) is 13.0. The lowest BCUT2D eigenvalue weighted by Gasteiger charge is -2.36. The van der Waals surface area contributed by atoms with E-state index in [-0.39, 0.29) is 39.3 Å². The maximum atomic E-state index is 14.2. The molecule has 2 aromatic heterocycles. The van der Waals surface area contributed by atoms with Gasteiger partial charge in [0.05, 0.1) is 47.3 Å². The van der Waals surface area contributed by atoms with Gasteiger partial charge in [0.2, 0.25) is 11.8 Å². The molecule has 4 aromatic rings. The molecule has 3 unspecified atom stereocenters. The van der Waals surface area contributed by atoms with Gasteiger partial charge in [-0.25, -0.2) is 0 Å². The molecule has 4 aliphatic heterocycles. The Hall–Kier alpha value is -5.60. The van der Waals surface area contributed by atoms with Gasteiger partial charge in [0.15, 0.2) is 0 Å². The number of piperidine rings is 1. The normalized spacial score (nSPS) is 22.6. The van der Waals surface area contributed by atoms with Crippen molar-refractivity contribution in [3.8, 4) is 16.9 Å². The highest BCUT2D eigenvalue weighted by atomic mass is 35.5. The van der Waals surface area contributed by atoms with Crippen molar-refractivity contribution in [2.24, 2.45) is 23.0 Å². The first-order valence-electron chi connectivity index (χ1n) is 28.8. The third-order valence-corrected chi connectivity index (χ3v) is 17.6. The molecule has 0 radical (unpaired) electrons. The van der Waals surface area contributed by atoms with E-state index in [1.165, 1.54) is 36.1 Å². The number of nitrogens with zero attached hydrogens (tertiary/aromatic N) is 5. The molecule has 6 heterocycles. The number of pyridine rings is 1. The Morgan fingerprint density at radius 1 is 0.948 bits per heavy atom. The van der Waals surface area contributed by atoms with E-state index in [4.69, 9.17) is 22.1 Å². The van der Waals surface area contributed by atoms with E-state index in [1.807, 2.05) is 43.5 Å². The number of fused-ring (bicyclic) bond motifs is 5. The molecule has 14 heteroatoms. The molecular weight excluding hydrogens is 982 g/mol. The average Bonchev–Trinajstić information content (AvgIpc) is 4.17. The number of likely N-dealkylation sites (tertiary alicyclic amines) is 1. The number of carbonyl (C=O) groups excluding carboxylic acids is 2. The van der Waals surface area contributed by atoms with Gasteiger partial charge < -0.3 is 31.3 Å². The molecule has 10 rings (SSSR count). The highest BCUT2D eigenvalue weighted by molar-refractivity contribution is 6.48. The number of aromatic nitrogens is 3. The highest BCUT2D eigenvalue weighted by Crippen LogP contribution is 2.52. The molecule has 13 nitrogen and oxygen atoms in total. The second-order valence-electron chi connectivity index (χ2n) is 23.8. The first kappa shape index (κ1) is 56.1. The summed E-state index contributed by atoms with van der Waals surface area (Å²) in [6.07, 6.45) is 21.6. The Bertz CT molecular complexity index is 2810. The smallest absolute Gasteiger partial charge is 0.282 e. The first-order valence-corrected chi connectivity index (χ1v) is 29.2. The van der Waals surface area contributed by atoms with Crippen molar-refractivity contribution in [2.75, 3.05) is 52.5 Å². The quantitative estimate of drug-likeness (QED) is 0.102. The standard InChI is InChI=1S/C37H54N6O3.C26H30ClN3O/c1-26-10-12-27(13-11-26)30(38)24-40-34(37(2,3)4)36(45)43-19-7-9-33(43)35(44)41-32(25-42-20-22-46-23-21-42)29-16-14-28(15-17-29)31-8-5-6-18-39-31;1-3-7-21-23(17(2)27)24(31)29-25-26(12-5-4-6-13-26)20-9-8-19(16-22(20)30(21)25)18-10-14-28-15-11-18/h5-6,8,14-18,24,26-27,32-34,40H,7,9-13,19-23,25,38H2,1-4H3,(H,41,44);3,7-9,16,18,28H,2,4-6,10-15H2,1H3/b30-24-;7-3-. The molecule has 3 atom stereocenters. The SMILES string of the molecule is C=C(Cl)c1c(/C=C\C)n2c(nc1=O)C1(CCCCC1)c1ccc(C3CCNCC3)cc1-2.CC1CCC(/C(N)=C/NC(C(=O)N2CCCC2C(=O)NC(CN2CCOCC2)c2ccc(-c3ccccn3)cc2)C(C)(C)C)CC1. The minimum Gasteiger partial charge on any atom is -0.401 e. The number of rotatable bonds is 13. The topological polar surface area (TPSA) is 160 Å². The van der Waals surface area contributed by atoms with E-state index >= 15 is 0 Å². The number of ether oxygens (including phenoxy) is 1. The molecule has 6 aliphatic rings. The molecule has 0 bridgehead atoms. The lowest BCUT2D eigenvalue weighted by atomic mass is 9.69. The van der Waals surface area contributed by atoms with Gasteiger partial charge in [-0.3, -0.25) is 28.8 Å². The number of benzene rings is 2. The van der Waals surface area contributed by atoms with Crippen LogP contribution in [0.1, 0.15) is 164 Å². The van der Waals surface area contributed by atoms with Gasteiger partial charge in [-0.05, 0) is 136 Å². The Morgan fingerprint density at radius 2 is 1.68 bits per heavy atom. The molecule has 2 amide bonds. The summed E-state index contributed by atoms with van der Waals surface area (Å²) < 4.78 is 7.80. The van der Waals surface area contributed by atoms with Crippen LogP contribution in [0.25, 0.3) is 28.1 Å². The van der Waals surface area contributed by atoms with Crippen molar-refractivity contribution in [1.29, 1.82) is 0 Å². The number of nitrogens with one attached hydrogen (secondary N) is 3. The van der Waals surface area contributed by atoms with Gasteiger partial charge in [-0.1, -0.05) is 127 Å². The third-order valence-electron chi connectivity index (χ3n) is 17.4. The summed E-state index contributed by atoms with van der Waals surface area (Å²) >= 11 is 6.32. The minimum atomic E-state index is -0.514. The molecule has 1 spiro atoms. The molecule has 2 aliphatic carbocycles. The van der Waals surface area contributed by atoms with Gasteiger partial charge in [0.25, 0.3) is 5.56 Å². The van der Waals surface area contributed by atoms with Gasteiger partial charge in [-0.15, -0.1) is 0 Å². The number of amides is 2. The first-order chi connectivity index (χ1) is 37.2. The van der Waals surface area contributed by atoms with E-state index in [2.05, 4.69) is 112 Å². The monoisotopic (exact) mass is 1070 g/mol. The van der Waals surface area contributed by atoms with Gasteiger partial charge in [0, 0.05) is 54.9 Å². The van der Waals surface area contributed by atoms with Crippen LogP contribution in [-0.2, 0) is 19.7 Å². The number of allylic oxidation sites excluding steroid dienone is 2. The summed E-state index contributed by atoms with van der Waals surface area (Å²) in [5, 5.41) is 10.5. The molecule has 5 N–H and O–H groups in total. The Morgan fingerprint density at radius 3 is 2.34 bits per heavy atom. The van der Waals surface area contributed by atoms with Crippen molar-refractivity contribution in [2.45, 2.75) is 148 Å². The van der Waals surface area contributed by atoms with E-state index in [1.54, 1.807) is 11.1 Å². The largest absolute Gasteiger partial charge is 0.401 e. The molecule has 412 valence electrons. The van der Waals surface area contributed by atoms with Gasteiger partial charge in [-0.2, -0.15) is 4.98 Å². The van der Waals surface area contributed by atoms with Crippen LogP contribution in [0.2, 0.25) is 0 Å². The molecule has 77 heavy (non-hydrogen) atoms. The van der Waals surface area contributed by atoms with Gasteiger partial charge >= 0.3 is 0 Å². The summed E-state index contributed by atoms with van der Waals surface area (Å²) in [4.78, 5) is 54.6. The summed E-state index contributed by atoms with van der Waals surface area (Å²) in [6.45, 7) is 20.7. The lowest BCUT2D eigenvalue weighted by molar-refractivity contribution is -0.142. The second-order valence-corrected chi connectivity index (χ2v) is 24.2. The van der Waals surface area contributed by atoms with Crippen LogP contribution in [0.4, 0.5) is 0 Å². The van der Waals surface area contributed by atoms with E-state index in [0.717, 1.165) is 124 Å². The van der Waals surface area contributed by atoms with Crippen molar-refractivity contribution in [3.63, 3.8) is 0 Å². The molecule has 2 aromatic carbocycles. The summed E-state index contributed by atoms with van der Waals surface area (Å²) in [7, 11) is 0. The number of nitrogens with two attached hydrogens (primary N) is 1. The zero-order valence-electron chi connectivity index (χ0n) is 46.4. The summed E-state index contributed by atoms with van der Waals surface area (Å²) in [5.74, 6) is 2.42. The maximum absolute atomic E-state index is 14.2. The van der Waals surface area contributed by atoms with Gasteiger partial charge in [0.1, 0.15) is 17.9 Å². The predicted octanol–water partition coefficient (Wildman–Crippen LogP) is 10.4. The van der Waals surface area contributed by atoms with Crippen LogP contribution in [0.15, 0.2) is 96.2 Å². The lowest BCUT2D eigenvalue weighted by Crippen LogP contribution is -2.56. The molecule has 5 fully saturated rings. The van der Waals surface area contributed by atoms with Crippen LogP contribution in [0, 0.1) is 17.3 Å². The molecule has 2 saturated carbocycles. The summed E-state index contributed by atoms with van der Waals surface area (Å²) in [5.41, 5.74) is 14.6. The third kappa shape index (κ3) is 12.6. The number of morpholine rings is 1. The van der Waals surface area contributed by atoms with E-state index < -0.39 is 12.1 Å². The zero-order chi connectivity index (χ0) is 54.3. The van der Waals surface area contributed by atoms with Crippen molar-refractivity contribution in [3.05, 3.63) is 136 Å². The van der Waals surface area contributed by atoms with Crippen LogP contribution in [0.3, 0.4) is 0 Å². The van der Waals surface area contributed by atoms with Crippen molar-refractivity contribution >= 4 is 34.5 Å². The number of hydrogen-bond donors (Lipinski definition) is 4. The fourth-order valence-corrected chi connectivity index (χ4v) is 13.2. The minimum absolute atomic E-state index is 0.0455. The Balaban J connectivity index is 0.000000202. The van der Waals surface area contributed by atoms with Crippen LogP contribution in [-0.4, -0.2) is 101 Å². The van der Waals surface area contributed by atoms with E-state index in [9.17, 15) is 14.4 Å². The van der Waals surface area contributed by atoms with Crippen LogP contribution < -0.4 is 27.2 Å². The Kier molecular flexibility index (Phi) is 18.2. The zero-order valence-corrected chi connectivity index (χ0v) is 47.2. The van der Waals surface area contributed by atoms with E-state index in [0.29, 0.717) is 50.1 Å². The predicted molar refractivity (Wildman–Crippen MR) is 310 cm³/mol. The second kappa shape index (κ2) is 25.0. The average molecular weight is 1070 g/mol. The van der Waals surface area contributed by atoms with Crippen LogP contribution >= 0.6 is 11.6 Å². The number of carbonyl (C=O) groups is 2.